The summed E-state index contributed by atoms with van der Waals surface area (Å²) in [6, 6.07) is 4.14. The van der Waals surface area contributed by atoms with Gasteiger partial charge in [-0.05, 0) is 76.9 Å². The van der Waals surface area contributed by atoms with Gasteiger partial charge in [0, 0.05) is 5.56 Å². The van der Waals surface area contributed by atoms with E-state index < -0.39 is 11.7 Å². The molecule has 1 aliphatic rings. The fraction of sp³-hybridized carbons (Fsp3) is 0.684. The second-order valence-electron chi connectivity index (χ2n) is 7.11. The highest BCUT2D eigenvalue weighted by molar-refractivity contribution is 5.45. The minimum absolute atomic E-state index is 0.0120. The molecule has 0 aromatic heterocycles. The highest BCUT2D eigenvalue weighted by Gasteiger charge is 2.46. The van der Waals surface area contributed by atoms with E-state index in [4.69, 9.17) is 4.74 Å². The Kier molecular flexibility index (Phi) is 5.18. The summed E-state index contributed by atoms with van der Waals surface area (Å²) in [5, 5.41) is 11.1. The standard InChI is InChI=1S/C19H31NO2/c1-7-9-20(10-8-2)18-17(21)15-11-13(3)14(4)12-16(15)22-19(18,5)6/h11-12,17-18,21H,7-10H2,1-6H3. The van der Waals surface area contributed by atoms with Crippen LogP contribution in [0.15, 0.2) is 12.1 Å². The zero-order valence-electron chi connectivity index (χ0n) is 14.9. The van der Waals surface area contributed by atoms with Crippen LogP contribution in [0.2, 0.25) is 0 Å². The average molecular weight is 305 g/mol. The fourth-order valence-electron chi connectivity index (χ4n) is 3.63. The van der Waals surface area contributed by atoms with E-state index in [1.54, 1.807) is 0 Å². The maximum atomic E-state index is 11.1. The van der Waals surface area contributed by atoms with Gasteiger partial charge in [0.15, 0.2) is 0 Å². The molecule has 0 bridgehead atoms. The van der Waals surface area contributed by atoms with Crippen LogP contribution in [0.25, 0.3) is 0 Å². The number of hydrogen-bond acceptors (Lipinski definition) is 3. The zero-order chi connectivity index (χ0) is 16.5. The van der Waals surface area contributed by atoms with Crippen molar-refractivity contribution in [3.05, 3.63) is 28.8 Å². The van der Waals surface area contributed by atoms with Gasteiger partial charge in [-0.25, -0.2) is 0 Å². The Bertz CT molecular complexity index is 518. The van der Waals surface area contributed by atoms with Gasteiger partial charge in [-0.2, -0.15) is 0 Å². The van der Waals surface area contributed by atoms with Crippen LogP contribution < -0.4 is 4.74 Å². The number of fused-ring (bicyclic) bond motifs is 1. The lowest BCUT2D eigenvalue weighted by Gasteiger charge is -2.48. The molecule has 0 radical (unpaired) electrons. The molecule has 1 aromatic carbocycles. The van der Waals surface area contributed by atoms with Gasteiger partial charge in [0.1, 0.15) is 17.5 Å². The van der Waals surface area contributed by atoms with Gasteiger partial charge in [-0.1, -0.05) is 13.8 Å². The predicted molar refractivity (Wildman–Crippen MR) is 91.5 cm³/mol. The van der Waals surface area contributed by atoms with Gasteiger partial charge in [0.25, 0.3) is 0 Å². The summed E-state index contributed by atoms with van der Waals surface area (Å²) in [6.45, 7) is 14.7. The Morgan fingerprint density at radius 2 is 1.64 bits per heavy atom. The number of aryl methyl sites for hydroxylation is 2. The first-order valence-electron chi connectivity index (χ1n) is 8.54. The van der Waals surface area contributed by atoms with Gasteiger partial charge in [0.2, 0.25) is 0 Å². The molecular formula is C19H31NO2. The summed E-state index contributed by atoms with van der Waals surface area (Å²) < 4.78 is 6.31. The van der Waals surface area contributed by atoms with Gasteiger partial charge in [-0.15, -0.1) is 0 Å². The van der Waals surface area contributed by atoms with Gasteiger partial charge in [-0.3, -0.25) is 4.90 Å². The average Bonchev–Trinajstić information content (AvgIpc) is 2.41. The first kappa shape index (κ1) is 17.3. The van der Waals surface area contributed by atoms with E-state index in [1.165, 1.54) is 11.1 Å². The second-order valence-corrected chi connectivity index (χ2v) is 7.11. The molecule has 0 saturated carbocycles. The Labute approximate surface area is 135 Å². The summed E-state index contributed by atoms with van der Waals surface area (Å²) >= 11 is 0. The second kappa shape index (κ2) is 6.59. The summed E-state index contributed by atoms with van der Waals surface area (Å²) in [5.74, 6) is 0.838. The highest BCUT2D eigenvalue weighted by atomic mass is 16.5. The van der Waals surface area contributed by atoms with Crippen molar-refractivity contribution in [3.63, 3.8) is 0 Å². The topological polar surface area (TPSA) is 32.7 Å². The molecular weight excluding hydrogens is 274 g/mol. The Morgan fingerprint density at radius 1 is 1.09 bits per heavy atom. The molecule has 3 nitrogen and oxygen atoms in total. The normalized spacial score (nSPS) is 23.3. The third-order valence-electron chi connectivity index (χ3n) is 4.74. The Balaban J connectivity index is 2.44. The quantitative estimate of drug-likeness (QED) is 0.892. The zero-order valence-corrected chi connectivity index (χ0v) is 14.9. The van der Waals surface area contributed by atoms with E-state index in [1.807, 2.05) is 0 Å². The van der Waals surface area contributed by atoms with Crippen molar-refractivity contribution >= 4 is 0 Å². The molecule has 3 heteroatoms. The number of aliphatic hydroxyl groups excluding tert-OH is 1. The van der Waals surface area contributed by atoms with Crippen LogP contribution in [0.1, 0.15) is 63.3 Å². The molecule has 1 heterocycles. The smallest absolute Gasteiger partial charge is 0.126 e. The van der Waals surface area contributed by atoms with E-state index in [0.717, 1.165) is 37.2 Å². The van der Waals surface area contributed by atoms with Gasteiger partial charge >= 0.3 is 0 Å². The molecule has 1 aliphatic heterocycles. The molecule has 0 fully saturated rings. The molecule has 2 rings (SSSR count). The number of benzene rings is 1. The number of nitrogens with zero attached hydrogens (tertiary/aromatic N) is 1. The van der Waals surface area contributed by atoms with Gasteiger partial charge in [0.05, 0.1) is 6.04 Å². The van der Waals surface area contributed by atoms with Crippen LogP contribution in [-0.2, 0) is 0 Å². The maximum absolute atomic E-state index is 11.1. The SMILES string of the molecule is CCCN(CCC)C1C(O)c2cc(C)c(C)cc2OC1(C)C. The van der Waals surface area contributed by atoms with Crippen LogP contribution in [0.4, 0.5) is 0 Å². The maximum Gasteiger partial charge on any atom is 0.126 e. The van der Waals surface area contributed by atoms with Crippen molar-refractivity contribution in [3.8, 4) is 5.75 Å². The molecule has 2 unspecified atom stereocenters. The first-order valence-corrected chi connectivity index (χ1v) is 8.54. The summed E-state index contributed by atoms with van der Waals surface area (Å²) in [4.78, 5) is 2.39. The molecule has 22 heavy (non-hydrogen) atoms. The van der Waals surface area contributed by atoms with Crippen LogP contribution in [0, 0.1) is 13.8 Å². The fourth-order valence-corrected chi connectivity index (χ4v) is 3.63. The molecule has 0 amide bonds. The first-order chi connectivity index (χ1) is 10.3. The van der Waals surface area contributed by atoms with Crippen LogP contribution in [-0.4, -0.2) is 34.7 Å². The minimum Gasteiger partial charge on any atom is -0.486 e. The van der Waals surface area contributed by atoms with Crippen molar-refractivity contribution in [1.29, 1.82) is 0 Å². The molecule has 2 atom stereocenters. The lowest BCUT2D eigenvalue weighted by Crippen LogP contribution is -2.58. The molecule has 0 aliphatic carbocycles. The minimum atomic E-state index is -0.504. The lowest BCUT2D eigenvalue weighted by molar-refractivity contribution is -0.0828. The molecule has 124 valence electrons. The van der Waals surface area contributed by atoms with Gasteiger partial charge < -0.3 is 9.84 Å². The lowest BCUT2D eigenvalue weighted by atomic mass is 9.83. The monoisotopic (exact) mass is 305 g/mol. The number of hydrogen-bond donors (Lipinski definition) is 1. The summed E-state index contributed by atoms with van der Waals surface area (Å²) in [5.41, 5.74) is 2.94. The van der Waals surface area contributed by atoms with Crippen LogP contribution in [0.3, 0.4) is 0 Å². The van der Waals surface area contributed by atoms with E-state index in [9.17, 15) is 5.11 Å². The van der Waals surface area contributed by atoms with Crippen molar-refractivity contribution in [2.45, 2.75) is 72.1 Å². The van der Waals surface area contributed by atoms with E-state index in [0.29, 0.717) is 0 Å². The third kappa shape index (κ3) is 3.16. The largest absolute Gasteiger partial charge is 0.486 e. The molecule has 1 aromatic rings. The van der Waals surface area contributed by atoms with Crippen molar-refractivity contribution < 1.29 is 9.84 Å². The Morgan fingerprint density at radius 3 is 2.18 bits per heavy atom. The summed E-state index contributed by atoms with van der Waals surface area (Å²) in [6.07, 6.45) is 1.66. The predicted octanol–water partition coefficient (Wildman–Crippen LogP) is 4.00. The van der Waals surface area contributed by atoms with Crippen molar-refractivity contribution in [2.75, 3.05) is 13.1 Å². The number of ether oxygens (including phenoxy) is 1. The van der Waals surface area contributed by atoms with Crippen molar-refractivity contribution in [1.82, 2.24) is 4.90 Å². The van der Waals surface area contributed by atoms with Crippen LogP contribution >= 0.6 is 0 Å². The Hall–Kier alpha value is -1.06. The molecule has 0 saturated heterocycles. The van der Waals surface area contributed by atoms with E-state index in [2.05, 4.69) is 58.6 Å². The molecule has 0 spiro atoms. The van der Waals surface area contributed by atoms with Crippen molar-refractivity contribution in [2.24, 2.45) is 0 Å². The van der Waals surface area contributed by atoms with Crippen LogP contribution in [0.5, 0.6) is 5.75 Å². The summed E-state index contributed by atoms with van der Waals surface area (Å²) in [7, 11) is 0. The number of rotatable bonds is 5. The third-order valence-corrected chi connectivity index (χ3v) is 4.74. The number of aliphatic hydroxyl groups is 1. The molecule has 1 N–H and O–H groups in total. The van der Waals surface area contributed by atoms with E-state index in [-0.39, 0.29) is 6.04 Å². The van der Waals surface area contributed by atoms with E-state index >= 15 is 0 Å². The highest BCUT2D eigenvalue weighted by Crippen LogP contribution is 2.43.